The molecule has 1 aromatic carbocycles. The van der Waals surface area contributed by atoms with E-state index in [2.05, 4.69) is 15.4 Å². The zero-order valence-electron chi connectivity index (χ0n) is 13.0. The molecule has 0 aliphatic heterocycles. The van der Waals surface area contributed by atoms with E-state index in [0.717, 1.165) is 22.8 Å². The number of methoxy groups -OCH3 is 1. The van der Waals surface area contributed by atoms with Crippen LogP contribution in [0.4, 0.5) is 11.4 Å². The lowest BCUT2D eigenvalue weighted by Gasteiger charge is -2.10. The Morgan fingerprint density at radius 3 is 2.61 bits per heavy atom. The number of thiophene rings is 1. The number of carbonyl (C=O) groups is 2. The van der Waals surface area contributed by atoms with Crippen LogP contribution in [-0.2, 0) is 9.53 Å². The number of ether oxygens (including phenoxy) is 1. The number of para-hydroxylation sites is 2. The number of hydrogen-bond donors (Lipinski definition) is 2. The molecule has 23 heavy (non-hydrogen) atoms. The highest BCUT2D eigenvalue weighted by Gasteiger charge is 2.08. The van der Waals surface area contributed by atoms with Crippen molar-refractivity contribution in [1.82, 2.24) is 0 Å². The molecule has 0 saturated heterocycles. The molecule has 0 aliphatic carbocycles. The van der Waals surface area contributed by atoms with Crippen LogP contribution in [0.25, 0.3) is 6.08 Å². The van der Waals surface area contributed by atoms with Crippen molar-refractivity contribution in [2.24, 2.45) is 0 Å². The van der Waals surface area contributed by atoms with Gasteiger partial charge in [-0.15, -0.1) is 11.3 Å². The van der Waals surface area contributed by atoms with E-state index in [0.29, 0.717) is 4.88 Å². The van der Waals surface area contributed by atoms with Gasteiger partial charge in [0.25, 0.3) is 0 Å². The molecule has 1 heterocycles. The first-order valence-electron chi connectivity index (χ1n) is 7.14. The summed E-state index contributed by atoms with van der Waals surface area (Å²) in [5.74, 6) is -0.609. The maximum Gasteiger partial charge on any atom is 0.348 e. The van der Waals surface area contributed by atoms with Crippen LogP contribution < -0.4 is 10.6 Å². The van der Waals surface area contributed by atoms with Gasteiger partial charge in [-0.2, -0.15) is 0 Å². The number of esters is 1. The number of rotatable bonds is 6. The molecule has 2 rings (SSSR count). The van der Waals surface area contributed by atoms with E-state index >= 15 is 0 Å². The summed E-state index contributed by atoms with van der Waals surface area (Å²) in [6.07, 6.45) is 3.11. The van der Waals surface area contributed by atoms with Gasteiger partial charge in [0, 0.05) is 17.5 Å². The maximum atomic E-state index is 12.0. The van der Waals surface area contributed by atoms with Gasteiger partial charge in [-0.05, 0) is 37.3 Å². The SMILES string of the molecule is CCNc1ccccc1NC(=O)/C=C/c1ccc(C(=O)OC)s1. The first kappa shape index (κ1) is 16.8. The number of benzene rings is 1. The van der Waals surface area contributed by atoms with Gasteiger partial charge in [-0.1, -0.05) is 12.1 Å². The quantitative estimate of drug-likeness (QED) is 0.627. The molecule has 0 spiro atoms. The van der Waals surface area contributed by atoms with Crippen LogP contribution in [-0.4, -0.2) is 25.5 Å². The van der Waals surface area contributed by atoms with Crippen molar-refractivity contribution in [2.45, 2.75) is 6.92 Å². The van der Waals surface area contributed by atoms with E-state index < -0.39 is 0 Å². The fourth-order valence-electron chi connectivity index (χ4n) is 1.92. The summed E-state index contributed by atoms with van der Waals surface area (Å²) in [6.45, 7) is 2.77. The van der Waals surface area contributed by atoms with Crippen LogP contribution >= 0.6 is 11.3 Å². The van der Waals surface area contributed by atoms with Crippen molar-refractivity contribution in [2.75, 3.05) is 24.3 Å². The zero-order chi connectivity index (χ0) is 16.7. The summed E-state index contributed by atoms with van der Waals surface area (Å²) < 4.78 is 4.65. The number of hydrogen-bond acceptors (Lipinski definition) is 5. The molecule has 0 fully saturated rings. The molecule has 1 amide bonds. The van der Waals surface area contributed by atoms with E-state index in [1.54, 1.807) is 18.2 Å². The van der Waals surface area contributed by atoms with E-state index in [-0.39, 0.29) is 11.9 Å². The minimum atomic E-state index is -0.376. The van der Waals surface area contributed by atoms with Gasteiger partial charge < -0.3 is 15.4 Å². The lowest BCUT2D eigenvalue weighted by atomic mass is 10.2. The summed E-state index contributed by atoms with van der Waals surface area (Å²) >= 11 is 1.27. The molecule has 6 heteroatoms. The number of carbonyl (C=O) groups excluding carboxylic acids is 2. The first-order valence-corrected chi connectivity index (χ1v) is 7.95. The third-order valence-corrected chi connectivity index (χ3v) is 4.00. The molecule has 0 unspecified atom stereocenters. The number of anilines is 2. The summed E-state index contributed by atoms with van der Waals surface area (Å²) in [4.78, 5) is 24.7. The summed E-state index contributed by atoms with van der Waals surface area (Å²) in [5, 5.41) is 6.02. The molecular formula is C17H18N2O3S. The van der Waals surface area contributed by atoms with E-state index in [4.69, 9.17) is 0 Å². The highest BCUT2D eigenvalue weighted by atomic mass is 32.1. The van der Waals surface area contributed by atoms with Crippen molar-refractivity contribution in [3.8, 4) is 0 Å². The molecule has 0 radical (unpaired) electrons. The van der Waals surface area contributed by atoms with Crippen molar-refractivity contribution in [3.63, 3.8) is 0 Å². The summed E-state index contributed by atoms with van der Waals surface area (Å²) in [5.41, 5.74) is 1.60. The average Bonchev–Trinajstić information content (AvgIpc) is 3.03. The fourth-order valence-corrected chi connectivity index (χ4v) is 2.75. The first-order chi connectivity index (χ1) is 11.1. The van der Waals surface area contributed by atoms with Gasteiger partial charge in [0.1, 0.15) is 4.88 Å². The number of nitrogens with one attached hydrogen (secondary N) is 2. The van der Waals surface area contributed by atoms with Crippen LogP contribution in [0.1, 0.15) is 21.5 Å². The molecule has 2 aromatic rings. The monoisotopic (exact) mass is 330 g/mol. The fraction of sp³-hybridized carbons (Fsp3) is 0.176. The Balaban J connectivity index is 2.02. The number of amides is 1. The largest absolute Gasteiger partial charge is 0.465 e. The normalized spacial score (nSPS) is 10.5. The Labute approximate surface area is 139 Å². The molecule has 5 nitrogen and oxygen atoms in total. The van der Waals surface area contributed by atoms with Crippen LogP contribution in [0.5, 0.6) is 0 Å². The van der Waals surface area contributed by atoms with Crippen LogP contribution in [0.3, 0.4) is 0 Å². The van der Waals surface area contributed by atoms with Gasteiger partial charge in [0.15, 0.2) is 0 Å². The van der Waals surface area contributed by atoms with Gasteiger partial charge in [-0.3, -0.25) is 4.79 Å². The third kappa shape index (κ3) is 4.69. The minimum Gasteiger partial charge on any atom is -0.465 e. The maximum absolute atomic E-state index is 12.0. The van der Waals surface area contributed by atoms with Gasteiger partial charge in [-0.25, -0.2) is 4.79 Å². The van der Waals surface area contributed by atoms with Crippen molar-refractivity contribution in [1.29, 1.82) is 0 Å². The molecule has 0 aliphatic rings. The Bertz CT molecular complexity index is 722. The molecule has 0 bridgehead atoms. The average molecular weight is 330 g/mol. The smallest absolute Gasteiger partial charge is 0.348 e. The molecule has 1 aromatic heterocycles. The predicted molar refractivity (Wildman–Crippen MR) is 93.9 cm³/mol. The highest BCUT2D eigenvalue weighted by molar-refractivity contribution is 7.14. The van der Waals surface area contributed by atoms with Crippen LogP contribution in [0.2, 0.25) is 0 Å². The van der Waals surface area contributed by atoms with Gasteiger partial charge in [0.05, 0.1) is 18.5 Å². The topological polar surface area (TPSA) is 67.4 Å². The van der Waals surface area contributed by atoms with E-state index in [1.165, 1.54) is 24.5 Å². The Morgan fingerprint density at radius 2 is 1.91 bits per heavy atom. The van der Waals surface area contributed by atoms with Crippen molar-refractivity contribution < 1.29 is 14.3 Å². The van der Waals surface area contributed by atoms with Crippen molar-refractivity contribution >= 4 is 40.7 Å². The summed E-state index contributed by atoms with van der Waals surface area (Å²) in [6, 6.07) is 11.0. The van der Waals surface area contributed by atoms with Crippen molar-refractivity contribution in [3.05, 3.63) is 52.2 Å². The lowest BCUT2D eigenvalue weighted by molar-refractivity contribution is -0.111. The molecule has 2 N–H and O–H groups in total. The van der Waals surface area contributed by atoms with E-state index in [9.17, 15) is 9.59 Å². The van der Waals surface area contributed by atoms with Crippen LogP contribution in [0, 0.1) is 0 Å². The zero-order valence-corrected chi connectivity index (χ0v) is 13.8. The molecular weight excluding hydrogens is 312 g/mol. The lowest BCUT2D eigenvalue weighted by Crippen LogP contribution is -2.10. The van der Waals surface area contributed by atoms with E-state index in [1.807, 2.05) is 31.2 Å². The van der Waals surface area contributed by atoms with Gasteiger partial charge in [0.2, 0.25) is 5.91 Å². The second kappa shape index (κ2) is 8.14. The Morgan fingerprint density at radius 1 is 1.17 bits per heavy atom. The van der Waals surface area contributed by atoms with Gasteiger partial charge >= 0.3 is 5.97 Å². The minimum absolute atomic E-state index is 0.233. The molecule has 120 valence electrons. The third-order valence-electron chi connectivity index (χ3n) is 2.96. The highest BCUT2D eigenvalue weighted by Crippen LogP contribution is 2.21. The Hall–Kier alpha value is -2.60. The standard InChI is InChI=1S/C17H18N2O3S/c1-3-18-13-6-4-5-7-14(13)19-16(20)11-9-12-8-10-15(23-12)17(21)22-2/h4-11,18H,3H2,1-2H3,(H,19,20)/b11-9+. The van der Waals surface area contributed by atoms with Crippen LogP contribution in [0.15, 0.2) is 42.5 Å². The second-order valence-corrected chi connectivity index (χ2v) is 5.71. The molecule has 0 saturated carbocycles. The summed E-state index contributed by atoms with van der Waals surface area (Å²) in [7, 11) is 1.34. The molecule has 0 atom stereocenters. The second-order valence-electron chi connectivity index (χ2n) is 4.59. The Kier molecular flexibility index (Phi) is 5.94. The predicted octanol–water partition coefficient (Wildman–Crippen LogP) is 3.62.